The summed E-state index contributed by atoms with van der Waals surface area (Å²) in [5.74, 6) is 0.703. The number of benzene rings is 7. The monoisotopic (exact) mass is 668 g/mol. The van der Waals surface area contributed by atoms with Gasteiger partial charge in [0, 0.05) is 37.3 Å². The van der Waals surface area contributed by atoms with E-state index in [2.05, 4.69) is 140 Å². The molecule has 1 spiro atoms. The highest BCUT2D eigenvalue weighted by Crippen LogP contribution is 2.65. The van der Waals surface area contributed by atoms with Gasteiger partial charge in [-0.1, -0.05) is 151 Å². The molecule has 0 atom stereocenters. The molecule has 2 aromatic heterocycles. The predicted octanol–water partition coefficient (Wildman–Crippen LogP) is 12.2. The van der Waals surface area contributed by atoms with Crippen molar-refractivity contribution < 1.29 is 4.42 Å². The maximum Gasteiger partial charge on any atom is 0.160 e. The molecule has 51 heavy (non-hydrogen) atoms. The zero-order valence-electron chi connectivity index (χ0n) is 27.4. The van der Waals surface area contributed by atoms with E-state index in [1.807, 2.05) is 42.1 Å². The molecule has 7 aromatic carbocycles. The lowest BCUT2D eigenvalue weighted by Gasteiger charge is -2.39. The Morgan fingerprint density at radius 3 is 1.82 bits per heavy atom. The molecule has 3 heterocycles. The lowest BCUT2D eigenvalue weighted by molar-refractivity contribution is 0.668. The normalized spacial score (nSPS) is 13.6. The number of nitrogens with zero attached hydrogens (tertiary/aromatic N) is 2. The molecular weight excluding hydrogens is 641 g/mol. The van der Waals surface area contributed by atoms with Crippen LogP contribution in [0.2, 0.25) is 0 Å². The van der Waals surface area contributed by atoms with Crippen LogP contribution >= 0.6 is 11.8 Å². The minimum atomic E-state index is -0.538. The molecule has 1 aliphatic carbocycles. The third-order valence-electron chi connectivity index (χ3n) is 10.6. The van der Waals surface area contributed by atoms with Crippen LogP contribution in [0.5, 0.6) is 0 Å². The molecule has 0 saturated heterocycles. The smallest absolute Gasteiger partial charge is 0.160 e. The van der Waals surface area contributed by atoms with Crippen molar-refractivity contribution in [3.8, 4) is 45.0 Å². The molecule has 2 aliphatic rings. The first kappa shape index (κ1) is 28.6. The van der Waals surface area contributed by atoms with Crippen LogP contribution < -0.4 is 0 Å². The number of rotatable bonds is 3. The molecular formula is C47H28N2OS. The van der Waals surface area contributed by atoms with Crippen LogP contribution in [0, 0.1) is 0 Å². The van der Waals surface area contributed by atoms with E-state index < -0.39 is 5.41 Å². The van der Waals surface area contributed by atoms with Crippen molar-refractivity contribution in [3.05, 3.63) is 192 Å². The molecule has 11 rings (SSSR count). The van der Waals surface area contributed by atoms with Crippen LogP contribution in [0.15, 0.2) is 184 Å². The summed E-state index contributed by atoms with van der Waals surface area (Å²) < 4.78 is 6.58. The van der Waals surface area contributed by atoms with E-state index in [0.717, 1.165) is 50.0 Å². The summed E-state index contributed by atoms with van der Waals surface area (Å²) in [6.45, 7) is 0. The number of hydrogen-bond donors (Lipinski definition) is 0. The fraction of sp³-hybridized carbons (Fsp3) is 0.0213. The van der Waals surface area contributed by atoms with Gasteiger partial charge in [0.2, 0.25) is 0 Å². The Hall–Kier alpha value is -6.23. The summed E-state index contributed by atoms with van der Waals surface area (Å²) in [5.41, 5.74) is 13.7. The Morgan fingerprint density at radius 2 is 1.06 bits per heavy atom. The lowest BCUT2D eigenvalue weighted by atomic mass is 9.67. The zero-order valence-corrected chi connectivity index (χ0v) is 28.2. The number of hydrogen-bond acceptors (Lipinski definition) is 4. The van der Waals surface area contributed by atoms with Gasteiger partial charge in [0.15, 0.2) is 5.82 Å². The SMILES string of the molecule is c1ccc(-c2cc(-c3cccc4c3-c3c(ccc5oc6ccccc6c35)C43c4ccccc4Sc4ccccc43)nc(-c3ccccc3)n2)cc1. The van der Waals surface area contributed by atoms with Crippen LogP contribution in [0.1, 0.15) is 22.3 Å². The Morgan fingerprint density at radius 1 is 0.451 bits per heavy atom. The summed E-state index contributed by atoms with van der Waals surface area (Å²) >= 11 is 1.86. The highest BCUT2D eigenvalue weighted by Gasteiger charge is 2.51. The van der Waals surface area contributed by atoms with Gasteiger partial charge in [-0.05, 0) is 63.7 Å². The van der Waals surface area contributed by atoms with Gasteiger partial charge < -0.3 is 4.42 Å². The molecule has 9 aromatic rings. The molecule has 0 radical (unpaired) electrons. The Labute approximate surface area is 299 Å². The molecule has 238 valence electrons. The quantitative estimate of drug-likeness (QED) is 0.188. The van der Waals surface area contributed by atoms with Crippen molar-refractivity contribution in [3.63, 3.8) is 0 Å². The standard InChI is InChI=1S/C47H28N2OS/c1-3-14-29(15-4-1)37-28-38(49-46(48-37)30-16-5-2-6-17-30)31-19-13-22-35-43(31)45-36(26-27-40-44(45)32-18-7-10-23-39(32)50-40)47(35)33-20-8-11-24-41(33)51-42-25-12-9-21-34(42)47/h1-28H. The highest BCUT2D eigenvalue weighted by atomic mass is 32.2. The second-order valence-corrected chi connectivity index (χ2v) is 14.3. The molecule has 0 fully saturated rings. The van der Waals surface area contributed by atoms with Crippen LogP contribution in [0.4, 0.5) is 0 Å². The highest BCUT2D eigenvalue weighted by molar-refractivity contribution is 7.99. The van der Waals surface area contributed by atoms with Gasteiger partial charge in [0.05, 0.1) is 16.8 Å². The maximum absolute atomic E-state index is 6.58. The van der Waals surface area contributed by atoms with Gasteiger partial charge in [0.25, 0.3) is 0 Å². The van der Waals surface area contributed by atoms with Gasteiger partial charge in [-0.2, -0.15) is 0 Å². The first-order valence-electron chi connectivity index (χ1n) is 17.2. The Bertz CT molecular complexity index is 2740. The van der Waals surface area contributed by atoms with Gasteiger partial charge in [-0.25, -0.2) is 9.97 Å². The molecule has 4 heteroatoms. The van der Waals surface area contributed by atoms with Gasteiger partial charge in [-0.3, -0.25) is 0 Å². The number of fused-ring (bicyclic) bond motifs is 13. The van der Waals surface area contributed by atoms with E-state index in [1.54, 1.807) is 0 Å². The van der Waals surface area contributed by atoms with Crippen molar-refractivity contribution in [1.29, 1.82) is 0 Å². The topological polar surface area (TPSA) is 38.9 Å². The lowest BCUT2D eigenvalue weighted by Crippen LogP contribution is -2.31. The van der Waals surface area contributed by atoms with Crippen molar-refractivity contribution in [2.75, 3.05) is 0 Å². The first-order chi connectivity index (χ1) is 25.3. The van der Waals surface area contributed by atoms with E-state index in [4.69, 9.17) is 14.4 Å². The van der Waals surface area contributed by atoms with E-state index in [-0.39, 0.29) is 0 Å². The second-order valence-electron chi connectivity index (χ2n) is 13.2. The predicted molar refractivity (Wildman–Crippen MR) is 207 cm³/mol. The summed E-state index contributed by atoms with van der Waals surface area (Å²) in [6.07, 6.45) is 0. The Balaban J connectivity index is 1.31. The zero-order chi connectivity index (χ0) is 33.5. The fourth-order valence-corrected chi connectivity index (χ4v) is 9.71. The third kappa shape index (κ3) is 4.02. The summed E-state index contributed by atoms with van der Waals surface area (Å²) in [4.78, 5) is 13.0. The van der Waals surface area contributed by atoms with E-state index in [0.29, 0.717) is 5.82 Å². The molecule has 0 unspecified atom stereocenters. The molecule has 3 nitrogen and oxygen atoms in total. The first-order valence-corrected chi connectivity index (χ1v) is 18.1. The van der Waals surface area contributed by atoms with E-state index >= 15 is 0 Å². The molecule has 0 bridgehead atoms. The van der Waals surface area contributed by atoms with Crippen LogP contribution in [-0.4, -0.2) is 9.97 Å². The Kier molecular flexibility index (Phi) is 6.10. The molecule has 0 N–H and O–H groups in total. The van der Waals surface area contributed by atoms with Crippen LogP contribution in [-0.2, 0) is 5.41 Å². The average molecular weight is 669 g/mol. The van der Waals surface area contributed by atoms with Gasteiger partial charge in [0.1, 0.15) is 11.2 Å². The maximum atomic E-state index is 6.58. The van der Waals surface area contributed by atoms with Crippen LogP contribution in [0.3, 0.4) is 0 Å². The minimum absolute atomic E-state index is 0.538. The fourth-order valence-electron chi connectivity index (χ4n) is 8.51. The van der Waals surface area contributed by atoms with E-state index in [1.165, 1.54) is 43.2 Å². The number of aromatic nitrogens is 2. The van der Waals surface area contributed by atoms with Gasteiger partial charge >= 0.3 is 0 Å². The largest absolute Gasteiger partial charge is 0.456 e. The van der Waals surface area contributed by atoms with Crippen molar-refractivity contribution in [2.24, 2.45) is 0 Å². The number of para-hydroxylation sites is 1. The van der Waals surface area contributed by atoms with Crippen LogP contribution in [0.25, 0.3) is 67.0 Å². The summed E-state index contributed by atoms with van der Waals surface area (Å²) in [6, 6.07) is 60.5. The van der Waals surface area contributed by atoms with Gasteiger partial charge in [-0.15, -0.1) is 0 Å². The summed E-state index contributed by atoms with van der Waals surface area (Å²) in [7, 11) is 0. The third-order valence-corrected chi connectivity index (χ3v) is 11.7. The van der Waals surface area contributed by atoms with Crippen molar-refractivity contribution in [1.82, 2.24) is 9.97 Å². The molecule has 0 saturated carbocycles. The number of furan rings is 1. The molecule has 0 amide bonds. The second kappa shape index (κ2) is 10.9. The van der Waals surface area contributed by atoms with Crippen molar-refractivity contribution >= 4 is 33.7 Å². The summed E-state index contributed by atoms with van der Waals surface area (Å²) in [5, 5.41) is 2.26. The van der Waals surface area contributed by atoms with Crippen molar-refractivity contribution in [2.45, 2.75) is 15.2 Å². The minimum Gasteiger partial charge on any atom is -0.456 e. The molecule has 1 aliphatic heterocycles. The average Bonchev–Trinajstić information content (AvgIpc) is 3.72. The van der Waals surface area contributed by atoms with E-state index in [9.17, 15) is 0 Å².